The summed E-state index contributed by atoms with van der Waals surface area (Å²) in [4.78, 5) is 13.0. The van der Waals surface area contributed by atoms with E-state index in [1.54, 1.807) is 0 Å². The van der Waals surface area contributed by atoms with Crippen LogP contribution in [0.2, 0.25) is 0 Å². The second-order valence-electron chi connectivity index (χ2n) is 8.40. The Bertz CT molecular complexity index is 1150. The van der Waals surface area contributed by atoms with Gasteiger partial charge in [0.25, 0.3) is 5.82 Å². The minimum atomic E-state index is -0.888. The molecular formula is C28H30BrN3O. The van der Waals surface area contributed by atoms with Crippen molar-refractivity contribution in [3.8, 4) is 0 Å². The van der Waals surface area contributed by atoms with Gasteiger partial charge >= 0.3 is 0 Å². The zero-order chi connectivity index (χ0) is 22.6. The summed E-state index contributed by atoms with van der Waals surface area (Å²) in [5.74, 6) is 0.817. The highest BCUT2D eigenvalue weighted by Gasteiger charge is 2.40. The van der Waals surface area contributed by atoms with E-state index < -0.39 is 5.41 Å². The highest BCUT2D eigenvalue weighted by molar-refractivity contribution is 5.90. The maximum Gasteiger partial charge on any atom is 0.253 e. The van der Waals surface area contributed by atoms with E-state index in [4.69, 9.17) is 5.73 Å². The van der Waals surface area contributed by atoms with Crippen LogP contribution in [0.1, 0.15) is 34.5 Å². The van der Waals surface area contributed by atoms with Gasteiger partial charge in [0.1, 0.15) is 24.4 Å². The first-order valence-electron chi connectivity index (χ1n) is 11.0. The number of imidazole rings is 1. The number of primary amides is 1. The molecule has 0 aliphatic heterocycles. The molecule has 2 N–H and O–H groups in total. The van der Waals surface area contributed by atoms with Gasteiger partial charge in [0.2, 0.25) is 5.91 Å². The summed E-state index contributed by atoms with van der Waals surface area (Å²) < 4.78 is 4.44. The molecule has 0 unspecified atom stereocenters. The quantitative estimate of drug-likeness (QED) is 0.362. The number of aryl methyl sites for hydroxylation is 2. The minimum Gasteiger partial charge on any atom is -1.00 e. The van der Waals surface area contributed by atoms with Crippen LogP contribution in [-0.4, -0.2) is 10.5 Å². The number of aromatic nitrogens is 2. The largest absolute Gasteiger partial charge is 1.00 e. The SMILES string of the molecule is Cc1ccc(C[n+]2ccn(CCC(C(N)=O)(c3ccccc3)c3ccccc3)c2C)cc1.[Br-]. The highest BCUT2D eigenvalue weighted by atomic mass is 79.9. The first-order valence-corrected chi connectivity index (χ1v) is 11.0. The Morgan fingerprint density at radius 3 is 1.94 bits per heavy atom. The lowest BCUT2D eigenvalue weighted by Crippen LogP contribution is -3.00. The number of nitrogens with two attached hydrogens (primary N) is 1. The molecular weight excluding hydrogens is 474 g/mol. The summed E-state index contributed by atoms with van der Waals surface area (Å²) in [7, 11) is 0. The van der Waals surface area contributed by atoms with E-state index in [9.17, 15) is 4.79 Å². The zero-order valence-corrected chi connectivity index (χ0v) is 20.7. The smallest absolute Gasteiger partial charge is 0.253 e. The third-order valence-electron chi connectivity index (χ3n) is 6.41. The summed E-state index contributed by atoms with van der Waals surface area (Å²) in [6, 6.07) is 28.4. The number of hydrogen-bond acceptors (Lipinski definition) is 1. The van der Waals surface area contributed by atoms with Crippen molar-refractivity contribution < 1.29 is 26.3 Å². The minimum absolute atomic E-state index is 0. The molecule has 4 aromatic rings. The van der Waals surface area contributed by atoms with Crippen molar-refractivity contribution in [1.82, 2.24) is 4.57 Å². The van der Waals surface area contributed by atoms with Crippen LogP contribution in [0.3, 0.4) is 0 Å². The molecule has 170 valence electrons. The van der Waals surface area contributed by atoms with Crippen LogP contribution in [0, 0.1) is 13.8 Å². The van der Waals surface area contributed by atoms with Crippen LogP contribution < -0.4 is 27.3 Å². The van der Waals surface area contributed by atoms with Gasteiger partial charge in [-0.05, 0) is 23.6 Å². The maximum atomic E-state index is 13.0. The molecule has 4 rings (SSSR count). The highest BCUT2D eigenvalue weighted by Crippen LogP contribution is 2.36. The van der Waals surface area contributed by atoms with Crippen molar-refractivity contribution in [1.29, 1.82) is 0 Å². The van der Waals surface area contributed by atoms with Crippen LogP contribution in [0.4, 0.5) is 0 Å². The topological polar surface area (TPSA) is 51.9 Å². The third-order valence-corrected chi connectivity index (χ3v) is 6.41. The number of carbonyl (C=O) groups excluding carboxylic acids is 1. The van der Waals surface area contributed by atoms with Gasteiger partial charge in [-0.1, -0.05) is 90.5 Å². The van der Waals surface area contributed by atoms with E-state index in [0.29, 0.717) is 13.0 Å². The van der Waals surface area contributed by atoms with Crippen molar-refractivity contribution in [2.24, 2.45) is 5.73 Å². The Balaban J connectivity index is 0.00000306. The van der Waals surface area contributed by atoms with Gasteiger partial charge in [0.15, 0.2) is 0 Å². The molecule has 0 saturated heterocycles. The molecule has 4 nitrogen and oxygen atoms in total. The van der Waals surface area contributed by atoms with Crippen molar-refractivity contribution in [3.05, 3.63) is 125 Å². The van der Waals surface area contributed by atoms with Crippen molar-refractivity contribution in [2.75, 3.05) is 0 Å². The molecule has 0 aliphatic carbocycles. The third kappa shape index (κ3) is 5.09. The number of benzene rings is 3. The molecule has 0 spiro atoms. The lowest BCUT2D eigenvalue weighted by molar-refractivity contribution is -0.694. The summed E-state index contributed by atoms with van der Waals surface area (Å²) in [5.41, 5.74) is 9.60. The Kier molecular flexibility index (Phi) is 7.88. The molecule has 0 radical (unpaired) electrons. The summed E-state index contributed by atoms with van der Waals surface area (Å²) in [6.45, 7) is 5.71. The molecule has 0 saturated carbocycles. The molecule has 0 atom stereocenters. The fourth-order valence-electron chi connectivity index (χ4n) is 4.43. The van der Waals surface area contributed by atoms with Crippen LogP contribution in [-0.2, 0) is 23.3 Å². The van der Waals surface area contributed by atoms with Gasteiger partial charge in [0.05, 0.1) is 6.54 Å². The van der Waals surface area contributed by atoms with Gasteiger partial charge in [-0.25, -0.2) is 9.13 Å². The maximum absolute atomic E-state index is 13.0. The van der Waals surface area contributed by atoms with Gasteiger partial charge in [-0.15, -0.1) is 0 Å². The van der Waals surface area contributed by atoms with Crippen LogP contribution in [0.15, 0.2) is 97.3 Å². The molecule has 1 heterocycles. The first kappa shape index (κ1) is 24.5. The van der Waals surface area contributed by atoms with Crippen LogP contribution in [0.5, 0.6) is 0 Å². The Morgan fingerprint density at radius 1 is 0.879 bits per heavy atom. The molecule has 0 aliphatic rings. The fourth-order valence-corrected chi connectivity index (χ4v) is 4.43. The summed E-state index contributed by atoms with van der Waals surface area (Å²) >= 11 is 0. The molecule has 1 aromatic heterocycles. The van der Waals surface area contributed by atoms with Crippen LogP contribution >= 0.6 is 0 Å². The first-order chi connectivity index (χ1) is 15.5. The number of nitrogens with zero attached hydrogens (tertiary/aromatic N) is 2. The normalized spacial score (nSPS) is 11.1. The standard InChI is InChI=1S/C28H29N3O.BrH/c1-22-13-15-24(16-14-22)21-31-20-19-30(23(31)2)18-17-28(27(29)32,25-9-5-3-6-10-25)26-11-7-4-8-12-26;/h3-16,19-20H,17-18,21H2,1-2H3,(H-,29,32);1H. The second-order valence-corrected chi connectivity index (χ2v) is 8.40. The molecule has 5 heteroatoms. The van der Waals surface area contributed by atoms with Gasteiger partial charge < -0.3 is 22.7 Å². The number of rotatable bonds is 8. The van der Waals surface area contributed by atoms with E-state index in [1.807, 2.05) is 60.7 Å². The molecule has 33 heavy (non-hydrogen) atoms. The van der Waals surface area contributed by atoms with Crippen LogP contribution in [0.25, 0.3) is 0 Å². The molecule has 0 bridgehead atoms. The predicted molar refractivity (Wildman–Crippen MR) is 127 cm³/mol. The van der Waals surface area contributed by atoms with E-state index in [2.05, 4.69) is 59.6 Å². The monoisotopic (exact) mass is 503 g/mol. The number of hydrogen-bond donors (Lipinski definition) is 1. The Hall–Kier alpha value is -3.18. The molecule has 0 fully saturated rings. The average Bonchev–Trinajstić information content (AvgIpc) is 3.16. The van der Waals surface area contributed by atoms with E-state index >= 15 is 0 Å². The fraction of sp³-hybridized carbons (Fsp3) is 0.214. The van der Waals surface area contributed by atoms with Gasteiger partial charge in [-0.2, -0.15) is 0 Å². The number of halogens is 1. The molecule has 1 amide bonds. The lowest BCUT2D eigenvalue weighted by atomic mass is 9.71. The Morgan fingerprint density at radius 2 is 1.42 bits per heavy atom. The summed E-state index contributed by atoms with van der Waals surface area (Å²) in [5, 5.41) is 0. The molecule has 3 aromatic carbocycles. The Labute approximate surface area is 206 Å². The van der Waals surface area contributed by atoms with Crippen molar-refractivity contribution >= 4 is 5.91 Å². The lowest BCUT2D eigenvalue weighted by Gasteiger charge is -2.31. The van der Waals surface area contributed by atoms with Gasteiger partial charge in [-0.3, -0.25) is 4.79 Å². The van der Waals surface area contributed by atoms with E-state index in [0.717, 1.165) is 23.5 Å². The van der Waals surface area contributed by atoms with Crippen molar-refractivity contribution in [2.45, 2.75) is 38.8 Å². The average molecular weight is 504 g/mol. The van der Waals surface area contributed by atoms with E-state index in [-0.39, 0.29) is 22.9 Å². The summed E-state index contributed by atoms with van der Waals surface area (Å²) in [6.07, 6.45) is 4.77. The number of amides is 1. The zero-order valence-electron chi connectivity index (χ0n) is 19.1. The number of carbonyl (C=O) groups is 1. The van der Waals surface area contributed by atoms with E-state index in [1.165, 1.54) is 11.1 Å². The van der Waals surface area contributed by atoms with Gasteiger partial charge in [0, 0.05) is 13.3 Å². The second kappa shape index (κ2) is 10.6. The predicted octanol–water partition coefficient (Wildman–Crippen LogP) is 1.31. The van der Waals surface area contributed by atoms with Crippen molar-refractivity contribution in [3.63, 3.8) is 0 Å².